The quantitative estimate of drug-likeness (QED) is 0.753. The summed E-state index contributed by atoms with van der Waals surface area (Å²) >= 11 is 11.9. The fourth-order valence-corrected chi connectivity index (χ4v) is 1.88. The zero-order valence-electron chi connectivity index (χ0n) is 11.2. The summed E-state index contributed by atoms with van der Waals surface area (Å²) in [5.41, 5.74) is -0.721. The highest BCUT2D eigenvalue weighted by atomic mass is 35.5. The molecule has 1 amide bonds. The summed E-state index contributed by atoms with van der Waals surface area (Å²) in [6.45, 7) is 3.28. The van der Waals surface area contributed by atoms with Crippen LogP contribution in [0.5, 0.6) is 0 Å². The number of para-hydroxylation sites is 1. The summed E-state index contributed by atoms with van der Waals surface area (Å²) in [6, 6.07) is 4.92. The van der Waals surface area contributed by atoms with Crippen LogP contribution in [0.15, 0.2) is 18.2 Å². The number of benzene rings is 1. The van der Waals surface area contributed by atoms with Crippen LogP contribution in [0.4, 0.5) is 5.69 Å². The summed E-state index contributed by atoms with van der Waals surface area (Å²) < 4.78 is 0. The molecule has 0 fully saturated rings. The van der Waals surface area contributed by atoms with Gasteiger partial charge in [-0.3, -0.25) is 9.59 Å². The van der Waals surface area contributed by atoms with Crippen molar-refractivity contribution < 1.29 is 14.7 Å². The molecule has 0 saturated carbocycles. The molecule has 0 aliphatic heterocycles. The average molecular weight is 319 g/mol. The van der Waals surface area contributed by atoms with Gasteiger partial charge in [-0.1, -0.05) is 29.3 Å². The molecular formula is C13H16Cl2N2O3. The second-order valence-electron chi connectivity index (χ2n) is 4.75. The Hall–Kier alpha value is -1.30. The zero-order valence-corrected chi connectivity index (χ0v) is 12.7. The maximum atomic E-state index is 11.8. The predicted molar refractivity (Wildman–Crippen MR) is 79.4 cm³/mol. The van der Waals surface area contributed by atoms with Gasteiger partial charge in [0.2, 0.25) is 5.91 Å². The lowest BCUT2D eigenvalue weighted by atomic mass is 10.1. The molecule has 20 heavy (non-hydrogen) atoms. The fraction of sp³-hybridized carbons (Fsp3) is 0.385. The van der Waals surface area contributed by atoms with E-state index in [0.717, 1.165) is 0 Å². The highest BCUT2D eigenvalue weighted by Gasteiger charge is 2.26. The summed E-state index contributed by atoms with van der Waals surface area (Å²) in [6.07, 6.45) is 0.109. The number of amides is 1. The predicted octanol–water partition coefficient (Wildman–Crippen LogP) is 2.77. The molecule has 0 heterocycles. The Balaban J connectivity index is 2.51. The number of carbonyl (C=O) groups excluding carboxylic acids is 1. The Morgan fingerprint density at radius 3 is 2.30 bits per heavy atom. The van der Waals surface area contributed by atoms with E-state index in [0.29, 0.717) is 15.7 Å². The molecule has 7 heteroatoms. The molecule has 0 aliphatic rings. The molecule has 3 N–H and O–H groups in total. The van der Waals surface area contributed by atoms with Gasteiger partial charge in [0.15, 0.2) is 0 Å². The second kappa shape index (κ2) is 6.92. The number of hydrogen-bond donors (Lipinski definition) is 3. The molecule has 0 atom stereocenters. The van der Waals surface area contributed by atoms with Crippen molar-refractivity contribution in [2.75, 3.05) is 11.9 Å². The van der Waals surface area contributed by atoms with Gasteiger partial charge in [-0.05, 0) is 26.0 Å². The minimum atomic E-state index is -1.08. The minimum absolute atomic E-state index is 0.109. The highest BCUT2D eigenvalue weighted by Crippen LogP contribution is 2.29. The molecule has 0 bridgehead atoms. The summed E-state index contributed by atoms with van der Waals surface area (Å²) in [5.74, 6) is -1.28. The molecule has 5 nitrogen and oxygen atoms in total. The van der Waals surface area contributed by atoms with Gasteiger partial charge in [-0.2, -0.15) is 0 Å². The van der Waals surface area contributed by atoms with Gasteiger partial charge in [0.1, 0.15) is 5.54 Å². The number of carbonyl (C=O) groups is 2. The number of carboxylic acids is 1. The molecule has 0 saturated heterocycles. The van der Waals surface area contributed by atoms with E-state index in [-0.39, 0.29) is 18.9 Å². The van der Waals surface area contributed by atoms with E-state index in [9.17, 15) is 9.59 Å². The molecule has 1 rings (SSSR count). The normalized spacial score (nSPS) is 11.2. The lowest BCUT2D eigenvalue weighted by Crippen LogP contribution is -2.47. The maximum absolute atomic E-state index is 11.8. The molecule has 0 spiro atoms. The van der Waals surface area contributed by atoms with Gasteiger partial charge >= 0.3 is 5.97 Å². The van der Waals surface area contributed by atoms with Crippen molar-refractivity contribution in [1.29, 1.82) is 0 Å². The van der Waals surface area contributed by atoms with Gasteiger partial charge in [0, 0.05) is 13.0 Å². The molecule has 0 radical (unpaired) electrons. The van der Waals surface area contributed by atoms with E-state index in [1.807, 2.05) is 0 Å². The molecular weight excluding hydrogens is 303 g/mol. The van der Waals surface area contributed by atoms with Gasteiger partial charge in [-0.25, -0.2) is 0 Å². The summed E-state index contributed by atoms with van der Waals surface area (Å²) in [5, 5.41) is 15.0. The van der Waals surface area contributed by atoms with Crippen LogP contribution >= 0.6 is 23.2 Å². The molecule has 0 aliphatic carbocycles. The van der Waals surface area contributed by atoms with Crippen LogP contribution < -0.4 is 10.6 Å². The van der Waals surface area contributed by atoms with Crippen LogP contribution in [0.25, 0.3) is 0 Å². The SMILES string of the molecule is CC(C)(NCCC(=O)Nc1c(Cl)cccc1Cl)C(=O)O. The van der Waals surface area contributed by atoms with Crippen LogP contribution in [-0.4, -0.2) is 29.1 Å². The number of nitrogens with one attached hydrogen (secondary N) is 2. The van der Waals surface area contributed by atoms with E-state index >= 15 is 0 Å². The standard InChI is InChI=1S/C13H16Cl2N2O3/c1-13(2,12(19)20)16-7-6-10(18)17-11-8(14)4-3-5-9(11)15/h3-5,16H,6-7H2,1-2H3,(H,17,18)(H,19,20). The van der Waals surface area contributed by atoms with Crippen LogP contribution in [0.3, 0.4) is 0 Å². The Kier molecular flexibility index (Phi) is 5.80. The van der Waals surface area contributed by atoms with Crippen LogP contribution in [0.2, 0.25) is 10.0 Å². The Morgan fingerprint density at radius 1 is 1.25 bits per heavy atom. The van der Waals surface area contributed by atoms with Crippen molar-refractivity contribution in [3.63, 3.8) is 0 Å². The average Bonchev–Trinajstić information content (AvgIpc) is 2.33. The van der Waals surface area contributed by atoms with E-state index in [2.05, 4.69) is 10.6 Å². The third-order valence-electron chi connectivity index (χ3n) is 2.68. The van der Waals surface area contributed by atoms with Crippen molar-refractivity contribution in [3.8, 4) is 0 Å². The Morgan fingerprint density at radius 2 is 1.80 bits per heavy atom. The van der Waals surface area contributed by atoms with Gasteiger partial charge in [0.05, 0.1) is 15.7 Å². The van der Waals surface area contributed by atoms with E-state index in [4.69, 9.17) is 28.3 Å². The van der Waals surface area contributed by atoms with Crippen molar-refractivity contribution in [2.24, 2.45) is 0 Å². The second-order valence-corrected chi connectivity index (χ2v) is 5.57. The van der Waals surface area contributed by atoms with Gasteiger partial charge in [0.25, 0.3) is 0 Å². The maximum Gasteiger partial charge on any atom is 0.323 e. The van der Waals surface area contributed by atoms with Crippen LogP contribution in [-0.2, 0) is 9.59 Å². The largest absolute Gasteiger partial charge is 0.480 e. The molecule has 0 aromatic heterocycles. The number of halogens is 2. The monoisotopic (exact) mass is 318 g/mol. The fourth-order valence-electron chi connectivity index (χ4n) is 1.38. The lowest BCUT2D eigenvalue weighted by Gasteiger charge is -2.20. The molecule has 1 aromatic rings. The van der Waals surface area contributed by atoms with Crippen molar-refractivity contribution >= 4 is 40.8 Å². The molecule has 1 aromatic carbocycles. The van der Waals surface area contributed by atoms with Crippen LogP contribution in [0, 0.1) is 0 Å². The number of carboxylic acid groups (broad SMARTS) is 1. The number of hydrogen-bond acceptors (Lipinski definition) is 3. The Labute approximate surface area is 127 Å². The first-order valence-electron chi connectivity index (χ1n) is 5.96. The first-order valence-corrected chi connectivity index (χ1v) is 6.72. The van der Waals surface area contributed by atoms with Gasteiger partial charge in [-0.15, -0.1) is 0 Å². The molecule has 0 unspecified atom stereocenters. The lowest BCUT2D eigenvalue weighted by molar-refractivity contribution is -0.143. The van der Waals surface area contributed by atoms with Crippen molar-refractivity contribution in [1.82, 2.24) is 5.32 Å². The van der Waals surface area contributed by atoms with E-state index in [1.165, 1.54) is 13.8 Å². The first-order chi connectivity index (χ1) is 9.24. The summed E-state index contributed by atoms with van der Waals surface area (Å²) in [4.78, 5) is 22.6. The van der Waals surface area contributed by atoms with Gasteiger partial charge < -0.3 is 15.7 Å². The smallest absolute Gasteiger partial charge is 0.323 e. The minimum Gasteiger partial charge on any atom is -0.480 e. The topological polar surface area (TPSA) is 78.4 Å². The van der Waals surface area contributed by atoms with E-state index in [1.54, 1.807) is 18.2 Å². The third kappa shape index (κ3) is 4.67. The number of rotatable bonds is 6. The highest BCUT2D eigenvalue weighted by molar-refractivity contribution is 6.39. The van der Waals surface area contributed by atoms with Crippen molar-refractivity contribution in [3.05, 3.63) is 28.2 Å². The molecule has 110 valence electrons. The van der Waals surface area contributed by atoms with E-state index < -0.39 is 11.5 Å². The summed E-state index contributed by atoms with van der Waals surface area (Å²) in [7, 11) is 0. The van der Waals surface area contributed by atoms with Crippen molar-refractivity contribution in [2.45, 2.75) is 25.8 Å². The third-order valence-corrected chi connectivity index (χ3v) is 3.31. The zero-order chi connectivity index (χ0) is 15.3. The first kappa shape index (κ1) is 16.8. The van der Waals surface area contributed by atoms with Crippen LogP contribution in [0.1, 0.15) is 20.3 Å². The number of anilines is 1. The number of aliphatic carboxylic acids is 1. The Bertz CT molecular complexity index is 498.